The second kappa shape index (κ2) is 6.02. The summed E-state index contributed by atoms with van der Waals surface area (Å²) in [5.74, 6) is 0.693. The third-order valence-corrected chi connectivity index (χ3v) is 3.49. The first-order chi connectivity index (χ1) is 9.11. The van der Waals surface area contributed by atoms with Crippen LogP contribution in [0.2, 0.25) is 0 Å². The van der Waals surface area contributed by atoms with Gasteiger partial charge in [0.05, 0.1) is 18.4 Å². The van der Waals surface area contributed by atoms with Crippen molar-refractivity contribution < 1.29 is 14.3 Å². The first-order valence-electron chi connectivity index (χ1n) is 6.55. The number of methoxy groups -OCH3 is 1. The Kier molecular flexibility index (Phi) is 4.37. The zero-order chi connectivity index (χ0) is 13.8. The highest BCUT2D eigenvalue weighted by Gasteiger charge is 2.23. The highest BCUT2D eigenvalue weighted by molar-refractivity contribution is 5.90. The number of esters is 1. The predicted octanol–water partition coefficient (Wildman–Crippen LogP) is 1.55. The average Bonchev–Trinajstić information content (AvgIpc) is 2.41. The average molecular weight is 264 g/mol. The number of rotatable bonds is 3. The van der Waals surface area contributed by atoms with Crippen molar-refractivity contribution >= 4 is 5.97 Å². The first-order valence-corrected chi connectivity index (χ1v) is 6.55. The lowest BCUT2D eigenvalue weighted by atomic mass is 9.97. The van der Waals surface area contributed by atoms with Crippen LogP contribution in [0.4, 0.5) is 0 Å². The summed E-state index contributed by atoms with van der Waals surface area (Å²) in [6.45, 7) is 5.83. The highest BCUT2D eigenvalue weighted by Crippen LogP contribution is 2.20. The van der Waals surface area contributed by atoms with E-state index >= 15 is 0 Å². The van der Waals surface area contributed by atoms with Crippen molar-refractivity contribution in [3.8, 4) is 5.88 Å². The second-order valence-corrected chi connectivity index (χ2v) is 4.90. The third-order valence-electron chi connectivity index (χ3n) is 3.49. The van der Waals surface area contributed by atoms with Gasteiger partial charge in [0, 0.05) is 12.6 Å². The second-order valence-electron chi connectivity index (χ2n) is 4.90. The van der Waals surface area contributed by atoms with Crippen molar-refractivity contribution in [1.82, 2.24) is 10.3 Å². The summed E-state index contributed by atoms with van der Waals surface area (Å²) in [6, 6.07) is 3.42. The van der Waals surface area contributed by atoms with Crippen molar-refractivity contribution in [3.05, 3.63) is 23.4 Å². The summed E-state index contributed by atoms with van der Waals surface area (Å²) in [4.78, 5) is 15.8. The SMILES string of the molecule is COC(=O)c1ccc(OC2CNCCC2C)nc1C. The topological polar surface area (TPSA) is 60.5 Å². The molecule has 0 saturated carbocycles. The molecule has 0 amide bonds. The molecular weight excluding hydrogens is 244 g/mol. The van der Waals surface area contributed by atoms with Gasteiger partial charge in [-0.05, 0) is 31.9 Å². The summed E-state index contributed by atoms with van der Waals surface area (Å²) in [6.07, 6.45) is 1.23. The van der Waals surface area contributed by atoms with Gasteiger partial charge in [-0.2, -0.15) is 0 Å². The van der Waals surface area contributed by atoms with E-state index in [1.807, 2.05) is 0 Å². The molecule has 19 heavy (non-hydrogen) atoms. The number of aromatic nitrogens is 1. The Morgan fingerprint density at radius 3 is 2.89 bits per heavy atom. The lowest BCUT2D eigenvalue weighted by molar-refractivity contribution is 0.0599. The summed E-state index contributed by atoms with van der Waals surface area (Å²) in [7, 11) is 1.36. The van der Waals surface area contributed by atoms with E-state index in [2.05, 4.69) is 17.2 Å². The molecule has 0 aliphatic carbocycles. The molecule has 1 aromatic heterocycles. The number of carbonyl (C=O) groups excluding carboxylic acids is 1. The number of nitrogens with one attached hydrogen (secondary N) is 1. The first kappa shape index (κ1) is 13.8. The zero-order valence-electron chi connectivity index (χ0n) is 11.6. The van der Waals surface area contributed by atoms with E-state index in [-0.39, 0.29) is 12.1 Å². The molecule has 5 heteroatoms. The van der Waals surface area contributed by atoms with Crippen molar-refractivity contribution in [2.45, 2.75) is 26.4 Å². The zero-order valence-corrected chi connectivity index (χ0v) is 11.6. The number of pyridine rings is 1. The van der Waals surface area contributed by atoms with Crippen molar-refractivity contribution in [1.29, 1.82) is 0 Å². The van der Waals surface area contributed by atoms with E-state index < -0.39 is 0 Å². The Hall–Kier alpha value is -1.62. The lowest BCUT2D eigenvalue weighted by Gasteiger charge is -2.29. The van der Waals surface area contributed by atoms with E-state index in [1.54, 1.807) is 19.1 Å². The third kappa shape index (κ3) is 3.23. The Bertz CT molecular complexity index is 462. The molecule has 5 nitrogen and oxygen atoms in total. The number of hydrogen-bond donors (Lipinski definition) is 1. The largest absolute Gasteiger partial charge is 0.473 e. The highest BCUT2D eigenvalue weighted by atomic mass is 16.5. The molecule has 2 atom stereocenters. The van der Waals surface area contributed by atoms with Crippen LogP contribution in [-0.4, -0.2) is 37.3 Å². The monoisotopic (exact) mass is 264 g/mol. The molecule has 0 bridgehead atoms. The van der Waals surface area contributed by atoms with Crippen LogP contribution in [0.3, 0.4) is 0 Å². The summed E-state index contributed by atoms with van der Waals surface area (Å²) in [5, 5.41) is 3.31. The van der Waals surface area contributed by atoms with Gasteiger partial charge in [0.25, 0.3) is 0 Å². The van der Waals surface area contributed by atoms with Gasteiger partial charge in [-0.1, -0.05) is 6.92 Å². The molecule has 0 aromatic carbocycles. The van der Waals surface area contributed by atoms with Crippen LogP contribution in [0.25, 0.3) is 0 Å². The normalized spacial score (nSPS) is 22.9. The van der Waals surface area contributed by atoms with Gasteiger partial charge < -0.3 is 14.8 Å². The molecular formula is C14H20N2O3. The molecule has 1 aromatic rings. The van der Waals surface area contributed by atoms with Crippen LogP contribution in [0.15, 0.2) is 12.1 Å². The van der Waals surface area contributed by atoms with Gasteiger partial charge in [0.15, 0.2) is 0 Å². The Balaban J connectivity index is 2.09. The quantitative estimate of drug-likeness (QED) is 0.839. The fourth-order valence-corrected chi connectivity index (χ4v) is 2.20. The molecule has 1 aliphatic heterocycles. The van der Waals surface area contributed by atoms with Crippen LogP contribution in [0.5, 0.6) is 5.88 Å². The number of aryl methyl sites for hydroxylation is 1. The van der Waals surface area contributed by atoms with E-state index in [0.29, 0.717) is 23.1 Å². The molecule has 0 radical (unpaired) electrons. The van der Waals surface area contributed by atoms with Crippen LogP contribution < -0.4 is 10.1 Å². The summed E-state index contributed by atoms with van der Waals surface area (Å²) in [5.41, 5.74) is 1.10. The molecule has 1 fully saturated rings. The summed E-state index contributed by atoms with van der Waals surface area (Å²) >= 11 is 0. The van der Waals surface area contributed by atoms with E-state index in [9.17, 15) is 4.79 Å². The van der Waals surface area contributed by atoms with E-state index in [0.717, 1.165) is 19.5 Å². The van der Waals surface area contributed by atoms with Gasteiger partial charge >= 0.3 is 5.97 Å². The standard InChI is InChI=1S/C14H20N2O3/c1-9-6-7-15-8-12(9)19-13-5-4-11(10(2)16-13)14(17)18-3/h4-5,9,12,15H,6-8H2,1-3H3. The van der Waals surface area contributed by atoms with Crippen molar-refractivity contribution in [3.63, 3.8) is 0 Å². The minimum Gasteiger partial charge on any atom is -0.473 e. The molecule has 2 heterocycles. The summed E-state index contributed by atoms with van der Waals surface area (Å²) < 4.78 is 10.6. The smallest absolute Gasteiger partial charge is 0.339 e. The van der Waals surface area contributed by atoms with E-state index in [1.165, 1.54) is 7.11 Å². The van der Waals surface area contributed by atoms with Gasteiger partial charge in [0.2, 0.25) is 5.88 Å². The Morgan fingerprint density at radius 1 is 1.47 bits per heavy atom. The number of carbonyl (C=O) groups is 1. The minimum atomic E-state index is -0.371. The van der Waals surface area contributed by atoms with Crippen LogP contribution in [0, 0.1) is 12.8 Å². The van der Waals surface area contributed by atoms with Gasteiger partial charge in [-0.25, -0.2) is 9.78 Å². The van der Waals surface area contributed by atoms with Crippen LogP contribution in [0.1, 0.15) is 29.4 Å². The number of hydrogen-bond acceptors (Lipinski definition) is 5. The Morgan fingerprint density at radius 2 is 2.26 bits per heavy atom. The number of nitrogens with zero attached hydrogens (tertiary/aromatic N) is 1. The van der Waals surface area contributed by atoms with E-state index in [4.69, 9.17) is 9.47 Å². The molecule has 1 N–H and O–H groups in total. The number of piperidine rings is 1. The Labute approximate surface area is 113 Å². The fourth-order valence-electron chi connectivity index (χ4n) is 2.20. The molecule has 1 aliphatic rings. The molecule has 104 valence electrons. The van der Waals surface area contributed by atoms with Crippen molar-refractivity contribution in [2.24, 2.45) is 5.92 Å². The molecule has 2 rings (SSSR count). The minimum absolute atomic E-state index is 0.129. The van der Waals surface area contributed by atoms with Crippen molar-refractivity contribution in [2.75, 3.05) is 20.2 Å². The molecule has 1 saturated heterocycles. The van der Waals surface area contributed by atoms with Gasteiger partial charge in [-0.3, -0.25) is 0 Å². The maximum absolute atomic E-state index is 11.5. The predicted molar refractivity (Wildman–Crippen MR) is 71.4 cm³/mol. The fraction of sp³-hybridized carbons (Fsp3) is 0.571. The van der Waals surface area contributed by atoms with Crippen LogP contribution >= 0.6 is 0 Å². The van der Waals surface area contributed by atoms with Gasteiger partial charge in [0.1, 0.15) is 6.10 Å². The van der Waals surface area contributed by atoms with Crippen LogP contribution in [-0.2, 0) is 4.74 Å². The lowest BCUT2D eigenvalue weighted by Crippen LogP contribution is -2.43. The molecule has 0 spiro atoms. The molecule has 2 unspecified atom stereocenters. The van der Waals surface area contributed by atoms with Gasteiger partial charge in [-0.15, -0.1) is 0 Å². The number of ether oxygens (including phenoxy) is 2. The maximum Gasteiger partial charge on any atom is 0.339 e. The maximum atomic E-state index is 11.5.